The van der Waals surface area contributed by atoms with Crippen LogP contribution in [0.5, 0.6) is 0 Å². The van der Waals surface area contributed by atoms with Crippen molar-refractivity contribution in [3.63, 3.8) is 0 Å². The molecule has 0 saturated carbocycles. The number of carbonyl (C=O) groups excluding carboxylic acids is 2. The van der Waals surface area contributed by atoms with Crippen LogP contribution in [0.25, 0.3) is 0 Å². The number of halogens is 1. The molecule has 1 aromatic rings. The topological polar surface area (TPSA) is 52.7 Å². The summed E-state index contributed by atoms with van der Waals surface area (Å²) in [6, 6.07) is 6.57. The SMILES string of the molecule is CC(=O)NCC(=O)N1CCN(C2CCc3c(Cl)cccc32)CC1. The lowest BCUT2D eigenvalue weighted by molar-refractivity contribution is -0.134. The molecule has 2 amide bonds. The standard InChI is InChI=1S/C17H22ClN3O2/c1-12(22)19-11-17(23)21-9-7-20(8-10-21)16-6-5-13-14(16)3-2-4-15(13)18/h2-4,16H,5-11H2,1H3,(H,19,22). The van der Waals surface area contributed by atoms with E-state index >= 15 is 0 Å². The minimum Gasteiger partial charge on any atom is -0.347 e. The number of carbonyl (C=O) groups is 2. The van der Waals surface area contributed by atoms with Crippen LogP contribution in [0.2, 0.25) is 5.02 Å². The summed E-state index contributed by atoms with van der Waals surface area (Å²) in [7, 11) is 0. The number of nitrogens with zero attached hydrogens (tertiary/aromatic N) is 2. The van der Waals surface area contributed by atoms with Gasteiger partial charge >= 0.3 is 0 Å². The molecule has 1 N–H and O–H groups in total. The lowest BCUT2D eigenvalue weighted by Gasteiger charge is -2.38. The van der Waals surface area contributed by atoms with Crippen LogP contribution in [0.15, 0.2) is 18.2 Å². The zero-order valence-electron chi connectivity index (χ0n) is 13.3. The van der Waals surface area contributed by atoms with E-state index < -0.39 is 0 Å². The highest BCUT2D eigenvalue weighted by Crippen LogP contribution is 2.39. The average Bonchev–Trinajstić information content (AvgIpc) is 2.98. The Hall–Kier alpha value is -1.59. The van der Waals surface area contributed by atoms with Crippen LogP contribution in [0.3, 0.4) is 0 Å². The van der Waals surface area contributed by atoms with Crippen molar-refractivity contribution in [1.82, 2.24) is 15.1 Å². The first-order valence-electron chi connectivity index (χ1n) is 8.10. The highest BCUT2D eigenvalue weighted by molar-refractivity contribution is 6.31. The van der Waals surface area contributed by atoms with Gasteiger partial charge in [-0.05, 0) is 30.0 Å². The zero-order valence-corrected chi connectivity index (χ0v) is 14.1. The van der Waals surface area contributed by atoms with Gasteiger partial charge in [0.2, 0.25) is 11.8 Å². The average molecular weight is 336 g/mol. The van der Waals surface area contributed by atoms with Gasteiger partial charge in [-0.2, -0.15) is 0 Å². The van der Waals surface area contributed by atoms with Crippen molar-refractivity contribution in [2.24, 2.45) is 0 Å². The molecule has 6 heteroatoms. The van der Waals surface area contributed by atoms with Gasteiger partial charge in [0, 0.05) is 44.2 Å². The largest absolute Gasteiger partial charge is 0.347 e. The highest BCUT2D eigenvalue weighted by atomic mass is 35.5. The van der Waals surface area contributed by atoms with E-state index in [1.165, 1.54) is 18.1 Å². The van der Waals surface area contributed by atoms with E-state index in [9.17, 15) is 9.59 Å². The minimum absolute atomic E-state index is 0.00489. The Bertz CT molecular complexity index is 612. The van der Waals surface area contributed by atoms with Crippen molar-refractivity contribution in [1.29, 1.82) is 0 Å². The van der Waals surface area contributed by atoms with Gasteiger partial charge in [0.05, 0.1) is 6.54 Å². The summed E-state index contributed by atoms with van der Waals surface area (Å²) < 4.78 is 0. The Morgan fingerprint density at radius 1 is 1.26 bits per heavy atom. The summed E-state index contributed by atoms with van der Waals surface area (Å²) >= 11 is 6.29. The maximum absolute atomic E-state index is 12.0. The molecule has 1 fully saturated rings. The molecule has 0 aromatic heterocycles. The number of piperazine rings is 1. The number of benzene rings is 1. The molecule has 1 unspecified atom stereocenters. The van der Waals surface area contributed by atoms with Crippen LogP contribution in [-0.4, -0.2) is 54.3 Å². The number of fused-ring (bicyclic) bond motifs is 1. The van der Waals surface area contributed by atoms with Gasteiger partial charge in [0.15, 0.2) is 0 Å². The molecule has 0 radical (unpaired) electrons. The number of nitrogens with one attached hydrogen (secondary N) is 1. The number of hydrogen-bond donors (Lipinski definition) is 1. The van der Waals surface area contributed by atoms with Crippen molar-refractivity contribution < 1.29 is 9.59 Å². The van der Waals surface area contributed by atoms with Gasteiger partial charge in [-0.15, -0.1) is 0 Å². The molecule has 2 aliphatic rings. The van der Waals surface area contributed by atoms with Crippen LogP contribution in [-0.2, 0) is 16.0 Å². The van der Waals surface area contributed by atoms with E-state index in [-0.39, 0.29) is 18.4 Å². The van der Waals surface area contributed by atoms with Crippen molar-refractivity contribution in [3.05, 3.63) is 34.3 Å². The lowest BCUT2D eigenvalue weighted by Crippen LogP contribution is -2.51. The van der Waals surface area contributed by atoms with Crippen LogP contribution >= 0.6 is 11.6 Å². The van der Waals surface area contributed by atoms with E-state index in [1.807, 2.05) is 17.0 Å². The van der Waals surface area contributed by atoms with Crippen LogP contribution < -0.4 is 5.32 Å². The molecular formula is C17H22ClN3O2. The molecule has 124 valence electrons. The van der Waals surface area contributed by atoms with Gasteiger partial charge in [-0.1, -0.05) is 23.7 Å². The zero-order chi connectivity index (χ0) is 16.4. The molecule has 1 heterocycles. The summed E-state index contributed by atoms with van der Waals surface area (Å²) in [6.07, 6.45) is 2.13. The fourth-order valence-corrected chi connectivity index (χ4v) is 3.84. The predicted molar refractivity (Wildman–Crippen MR) is 89.4 cm³/mol. The van der Waals surface area contributed by atoms with E-state index in [0.29, 0.717) is 19.1 Å². The fraction of sp³-hybridized carbons (Fsp3) is 0.529. The molecule has 1 aliphatic heterocycles. The Balaban J connectivity index is 1.57. The van der Waals surface area contributed by atoms with E-state index in [0.717, 1.165) is 31.0 Å². The van der Waals surface area contributed by atoms with Crippen molar-refractivity contribution >= 4 is 23.4 Å². The summed E-state index contributed by atoms with van der Waals surface area (Å²) in [5, 5.41) is 3.44. The second kappa shape index (κ2) is 6.89. The van der Waals surface area contributed by atoms with Crippen molar-refractivity contribution in [2.75, 3.05) is 32.7 Å². The maximum atomic E-state index is 12.0. The molecule has 1 aromatic carbocycles. The third-order valence-corrected chi connectivity index (χ3v) is 5.13. The molecule has 1 aliphatic carbocycles. The Labute approximate surface area is 141 Å². The molecule has 3 rings (SSSR count). The summed E-state index contributed by atoms with van der Waals surface area (Å²) in [4.78, 5) is 27.2. The van der Waals surface area contributed by atoms with Gasteiger partial charge < -0.3 is 10.2 Å². The molecule has 5 nitrogen and oxygen atoms in total. The summed E-state index contributed by atoms with van der Waals surface area (Å²) in [6.45, 7) is 4.67. The van der Waals surface area contributed by atoms with Crippen LogP contribution in [0.1, 0.15) is 30.5 Å². The smallest absolute Gasteiger partial charge is 0.242 e. The second-order valence-corrected chi connectivity index (χ2v) is 6.60. The fourth-order valence-electron chi connectivity index (χ4n) is 3.56. The highest BCUT2D eigenvalue weighted by Gasteiger charge is 2.31. The van der Waals surface area contributed by atoms with E-state index in [1.54, 1.807) is 0 Å². The quantitative estimate of drug-likeness (QED) is 0.913. The third-order valence-electron chi connectivity index (χ3n) is 4.78. The second-order valence-electron chi connectivity index (χ2n) is 6.19. The molecule has 0 spiro atoms. The molecule has 0 bridgehead atoms. The van der Waals surface area contributed by atoms with Crippen molar-refractivity contribution in [2.45, 2.75) is 25.8 Å². The Kier molecular flexibility index (Phi) is 4.87. The first kappa shape index (κ1) is 16.3. The number of amides is 2. The third kappa shape index (κ3) is 3.51. The molecule has 1 saturated heterocycles. The van der Waals surface area contributed by atoms with Gasteiger partial charge in [-0.25, -0.2) is 0 Å². The van der Waals surface area contributed by atoms with Gasteiger partial charge in [0.25, 0.3) is 0 Å². The summed E-state index contributed by atoms with van der Waals surface area (Å²) in [5.74, 6) is -0.175. The van der Waals surface area contributed by atoms with Crippen LogP contribution in [0, 0.1) is 0 Å². The van der Waals surface area contributed by atoms with Gasteiger partial charge in [-0.3, -0.25) is 14.5 Å². The first-order chi connectivity index (χ1) is 11.1. The van der Waals surface area contributed by atoms with Crippen molar-refractivity contribution in [3.8, 4) is 0 Å². The van der Waals surface area contributed by atoms with E-state index in [4.69, 9.17) is 11.6 Å². The Morgan fingerprint density at radius 3 is 2.70 bits per heavy atom. The van der Waals surface area contributed by atoms with Gasteiger partial charge in [0.1, 0.15) is 0 Å². The molecule has 1 atom stereocenters. The monoisotopic (exact) mass is 335 g/mol. The Morgan fingerprint density at radius 2 is 2.00 bits per heavy atom. The minimum atomic E-state index is -0.170. The molecular weight excluding hydrogens is 314 g/mol. The normalized spacial score (nSPS) is 21.1. The summed E-state index contributed by atoms with van der Waals surface area (Å²) in [5.41, 5.74) is 2.62. The lowest BCUT2D eigenvalue weighted by atomic mass is 10.1. The predicted octanol–water partition coefficient (Wildman–Crippen LogP) is 1.61. The number of hydrogen-bond acceptors (Lipinski definition) is 3. The first-order valence-corrected chi connectivity index (χ1v) is 8.47. The number of rotatable bonds is 3. The van der Waals surface area contributed by atoms with E-state index in [2.05, 4.69) is 16.3 Å². The maximum Gasteiger partial charge on any atom is 0.242 e. The molecule has 23 heavy (non-hydrogen) atoms. The van der Waals surface area contributed by atoms with Crippen LogP contribution in [0.4, 0.5) is 0 Å².